The smallest absolute Gasteiger partial charge is 0.339 e. The average Bonchev–Trinajstić information content (AvgIpc) is 2.84. The fraction of sp³-hybridized carbons (Fsp3) is 0.833. The van der Waals surface area contributed by atoms with Crippen LogP contribution in [-0.2, 0) is 6.42 Å². The molecule has 1 aromatic heterocycles. The fourth-order valence-corrected chi connectivity index (χ4v) is 2.42. The number of hydrogen-bond acceptors (Lipinski definition) is 4. The Morgan fingerprint density at radius 1 is 1.26 bits per heavy atom. The topological polar surface area (TPSA) is 51.0 Å². The molecule has 0 bridgehead atoms. The van der Waals surface area contributed by atoms with Gasteiger partial charge < -0.3 is 9.84 Å². The second-order valence-corrected chi connectivity index (χ2v) is 5.00. The Morgan fingerprint density at radius 3 is 2.53 bits per heavy atom. The van der Waals surface area contributed by atoms with Gasteiger partial charge in [0.2, 0.25) is 5.89 Å². The lowest BCUT2D eigenvalue weighted by Crippen LogP contribution is -2.29. The highest BCUT2D eigenvalue weighted by atomic mass is 19.4. The summed E-state index contributed by atoms with van der Waals surface area (Å²) in [5, 5.41) is 6.86. The molecule has 2 rings (SSSR count). The van der Waals surface area contributed by atoms with Crippen molar-refractivity contribution in [2.75, 3.05) is 7.05 Å². The molecular formula is C12H18F3N3O. The number of hydrogen-bond donors (Lipinski definition) is 1. The molecular weight excluding hydrogens is 259 g/mol. The molecule has 1 aliphatic carbocycles. The fourth-order valence-electron chi connectivity index (χ4n) is 2.42. The maximum absolute atomic E-state index is 12.1. The summed E-state index contributed by atoms with van der Waals surface area (Å²) in [7, 11) is 1.94. The zero-order valence-corrected chi connectivity index (χ0v) is 10.8. The summed E-state index contributed by atoms with van der Waals surface area (Å²) in [6.07, 6.45) is -1.36. The number of halogens is 3. The SMILES string of the molecule is CNC1CCC(c2nc(CCC(F)(F)F)no2)CC1. The highest BCUT2D eigenvalue weighted by Gasteiger charge is 2.29. The Balaban J connectivity index is 1.87. The van der Waals surface area contributed by atoms with Gasteiger partial charge in [0.25, 0.3) is 0 Å². The average molecular weight is 277 g/mol. The number of rotatable bonds is 4. The molecule has 1 N–H and O–H groups in total. The molecule has 0 aliphatic heterocycles. The minimum Gasteiger partial charge on any atom is -0.339 e. The van der Waals surface area contributed by atoms with E-state index >= 15 is 0 Å². The van der Waals surface area contributed by atoms with Crippen molar-refractivity contribution in [3.63, 3.8) is 0 Å². The molecule has 0 radical (unpaired) electrons. The monoisotopic (exact) mass is 277 g/mol. The molecule has 1 fully saturated rings. The molecule has 0 saturated heterocycles. The summed E-state index contributed by atoms with van der Waals surface area (Å²) >= 11 is 0. The zero-order valence-electron chi connectivity index (χ0n) is 10.8. The summed E-state index contributed by atoms with van der Waals surface area (Å²) in [6.45, 7) is 0. The maximum atomic E-state index is 12.1. The molecule has 1 heterocycles. The van der Waals surface area contributed by atoms with Crippen molar-refractivity contribution < 1.29 is 17.7 Å². The van der Waals surface area contributed by atoms with Gasteiger partial charge in [-0.2, -0.15) is 18.2 Å². The van der Waals surface area contributed by atoms with Gasteiger partial charge in [-0.25, -0.2) is 0 Å². The number of aryl methyl sites for hydroxylation is 1. The van der Waals surface area contributed by atoms with Gasteiger partial charge in [-0.15, -0.1) is 0 Å². The van der Waals surface area contributed by atoms with E-state index in [1.807, 2.05) is 7.05 Å². The van der Waals surface area contributed by atoms with E-state index < -0.39 is 12.6 Å². The van der Waals surface area contributed by atoms with Gasteiger partial charge in [0.1, 0.15) is 0 Å². The first-order valence-corrected chi connectivity index (χ1v) is 6.54. The lowest BCUT2D eigenvalue weighted by molar-refractivity contribution is -0.134. The third kappa shape index (κ3) is 4.19. The highest BCUT2D eigenvalue weighted by molar-refractivity contribution is 4.97. The molecule has 0 amide bonds. The molecule has 7 heteroatoms. The van der Waals surface area contributed by atoms with Gasteiger partial charge in [0.15, 0.2) is 5.82 Å². The molecule has 0 atom stereocenters. The number of nitrogens with zero attached hydrogens (tertiary/aromatic N) is 2. The van der Waals surface area contributed by atoms with Gasteiger partial charge in [-0.05, 0) is 32.7 Å². The molecule has 108 valence electrons. The maximum Gasteiger partial charge on any atom is 0.389 e. The largest absolute Gasteiger partial charge is 0.389 e. The number of nitrogens with one attached hydrogen (secondary N) is 1. The van der Waals surface area contributed by atoms with E-state index in [1.54, 1.807) is 0 Å². The van der Waals surface area contributed by atoms with Crippen molar-refractivity contribution in [1.29, 1.82) is 0 Å². The van der Waals surface area contributed by atoms with Crippen LogP contribution < -0.4 is 5.32 Å². The normalized spacial score (nSPS) is 24.6. The summed E-state index contributed by atoms with van der Waals surface area (Å²) in [4.78, 5) is 4.09. The van der Waals surface area contributed by atoms with Crippen molar-refractivity contribution in [3.05, 3.63) is 11.7 Å². The number of aromatic nitrogens is 2. The molecule has 1 aromatic rings. The summed E-state index contributed by atoms with van der Waals surface area (Å²) < 4.78 is 41.4. The Bertz CT molecular complexity index is 397. The Morgan fingerprint density at radius 2 is 1.95 bits per heavy atom. The zero-order chi connectivity index (χ0) is 13.9. The van der Waals surface area contributed by atoms with Crippen LogP contribution in [0.2, 0.25) is 0 Å². The predicted molar refractivity (Wildman–Crippen MR) is 62.7 cm³/mol. The van der Waals surface area contributed by atoms with Gasteiger partial charge in [0, 0.05) is 18.4 Å². The number of alkyl halides is 3. The first-order chi connectivity index (χ1) is 8.98. The minimum atomic E-state index is -4.17. The first-order valence-electron chi connectivity index (χ1n) is 6.54. The second kappa shape index (κ2) is 5.90. The minimum absolute atomic E-state index is 0.156. The lowest BCUT2D eigenvalue weighted by atomic mass is 9.86. The van der Waals surface area contributed by atoms with Gasteiger partial charge >= 0.3 is 6.18 Å². The molecule has 19 heavy (non-hydrogen) atoms. The van der Waals surface area contributed by atoms with Crippen LogP contribution in [0.25, 0.3) is 0 Å². The van der Waals surface area contributed by atoms with Crippen molar-refractivity contribution >= 4 is 0 Å². The third-order valence-corrected chi connectivity index (χ3v) is 3.60. The van der Waals surface area contributed by atoms with Crippen LogP contribution in [0.1, 0.15) is 49.7 Å². The van der Waals surface area contributed by atoms with Crippen LogP contribution >= 0.6 is 0 Å². The van der Waals surface area contributed by atoms with Crippen LogP contribution in [0.4, 0.5) is 13.2 Å². The summed E-state index contributed by atoms with van der Waals surface area (Å²) in [5.74, 6) is 0.839. The summed E-state index contributed by atoms with van der Waals surface area (Å²) in [5.41, 5.74) is 0. The second-order valence-electron chi connectivity index (χ2n) is 5.00. The van der Waals surface area contributed by atoms with Crippen LogP contribution in [-0.4, -0.2) is 29.4 Å². The standard InChI is InChI=1S/C12H18F3N3O/c1-16-9-4-2-8(3-5-9)11-17-10(18-19-11)6-7-12(13,14)15/h8-9,16H,2-7H2,1H3. The lowest BCUT2D eigenvalue weighted by Gasteiger charge is -2.25. The van der Waals surface area contributed by atoms with Crippen LogP contribution in [0.15, 0.2) is 4.52 Å². The van der Waals surface area contributed by atoms with E-state index in [9.17, 15) is 13.2 Å². The van der Waals surface area contributed by atoms with E-state index in [4.69, 9.17) is 4.52 Å². The van der Waals surface area contributed by atoms with Crippen molar-refractivity contribution in [2.45, 2.75) is 56.7 Å². The van der Waals surface area contributed by atoms with Gasteiger partial charge in [-0.3, -0.25) is 0 Å². The molecule has 1 saturated carbocycles. The van der Waals surface area contributed by atoms with Gasteiger partial charge in [-0.1, -0.05) is 5.16 Å². The van der Waals surface area contributed by atoms with Crippen molar-refractivity contribution in [2.24, 2.45) is 0 Å². The van der Waals surface area contributed by atoms with E-state index in [0.717, 1.165) is 25.7 Å². The van der Waals surface area contributed by atoms with E-state index in [-0.39, 0.29) is 18.2 Å². The first kappa shape index (κ1) is 14.3. The molecule has 0 spiro atoms. The van der Waals surface area contributed by atoms with E-state index in [1.165, 1.54) is 0 Å². The molecule has 0 aromatic carbocycles. The Kier molecular flexibility index (Phi) is 4.44. The molecule has 1 aliphatic rings. The third-order valence-electron chi connectivity index (χ3n) is 3.60. The van der Waals surface area contributed by atoms with E-state index in [2.05, 4.69) is 15.5 Å². The van der Waals surface area contributed by atoms with Crippen LogP contribution in [0.3, 0.4) is 0 Å². The highest BCUT2D eigenvalue weighted by Crippen LogP contribution is 2.32. The van der Waals surface area contributed by atoms with Crippen LogP contribution in [0.5, 0.6) is 0 Å². The Hall–Kier alpha value is -1.11. The van der Waals surface area contributed by atoms with Crippen molar-refractivity contribution in [3.8, 4) is 0 Å². The summed E-state index contributed by atoms with van der Waals surface area (Å²) in [6, 6.07) is 0.517. The quantitative estimate of drug-likeness (QED) is 0.919. The molecule has 0 unspecified atom stereocenters. The van der Waals surface area contributed by atoms with Crippen molar-refractivity contribution in [1.82, 2.24) is 15.5 Å². The Labute approximate surface area is 109 Å². The van der Waals surface area contributed by atoms with Gasteiger partial charge in [0.05, 0.1) is 6.42 Å². The predicted octanol–water partition coefficient (Wildman–Crippen LogP) is 2.81. The van der Waals surface area contributed by atoms with E-state index in [0.29, 0.717) is 11.9 Å². The molecule has 4 nitrogen and oxygen atoms in total. The van der Waals surface area contributed by atoms with Crippen LogP contribution in [0, 0.1) is 0 Å².